The van der Waals surface area contributed by atoms with Gasteiger partial charge in [0, 0.05) is 48.2 Å². The van der Waals surface area contributed by atoms with Gasteiger partial charge in [-0.05, 0) is 49.2 Å². The Balaban J connectivity index is 1.43. The van der Waals surface area contributed by atoms with Crippen LogP contribution in [0.25, 0.3) is 0 Å². The molecule has 3 unspecified atom stereocenters. The molecule has 3 heterocycles. The molecule has 0 aliphatic carbocycles. The van der Waals surface area contributed by atoms with E-state index in [1.807, 2.05) is 4.90 Å². The monoisotopic (exact) mass is 619 g/mol. The van der Waals surface area contributed by atoms with E-state index in [4.69, 9.17) is 25.8 Å². The lowest BCUT2D eigenvalue weighted by Gasteiger charge is -2.51. The maximum Gasteiger partial charge on any atom is 0.179 e. The molecular weight excluding hydrogens is 588 g/mol. The van der Waals surface area contributed by atoms with E-state index in [1.54, 1.807) is 0 Å². The van der Waals surface area contributed by atoms with Gasteiger partial charge >= 0.3 is 0 Å². The topological polar surface area (TPSA) is 99.2 Å². The minimum absolute atomic E-state index is 0.00334. The van der Waals surface area contributed by atoms with Gasteiger partial charge in [-0.2, -0.15) is 0 Å². The van der Waals surface area contributed by atoms with Crippen molar-refractivity contribution < 1.29 is 39.8 Å². The second-order valence-electron chi connectivity index (χ2n) is 10.6. The predicted molar refractivity (Wildman–Crippen MR) is 145 cm³/mol. The largest absolute Gasteiger partial charge is 0.490 e. The molecular formula is C27H32ClF2NO7S2. The average Bonchev–Trinajstić information content (AvgIpc) is 2.93. The fraction of sp³-hybridized carbons (Fsp3) is 0.556. The molecule has 13 heteroatoms. The number of sulfone groups is 2. The van der Waals surface area contributed by atoms with Crippen LogP contribution in [0.15, 0.2) is 41.3 Å². The maximum atomic E-state index is 15.5. The van der Waals surface area contributed by atoms with Gasteiger partial charge in [0.05, 0.1) is 48.1 Å². The van der Waals surface area contributed by atoms with Crippen LogP contribution in [0.5, 0.6) is 5.75 Å². The van der Waals surface area contributed by atoms with Crippen molar-refractivity contribution in [1.29, 1.82) is 0 Å². The molecule has 2 fully saturated rings. The van der Waals surface area contributed by atoms with E-state index in [9.17, 15) is 21.2 Å². The van der Waals surface area contributed by atoms with Gasteiger partial charge < -0.3 is 14.2 Å². The Morgan fingerprint density at radius 3 is 2.38 bits per heavy atom. The molecule has 0 spiro atoms. The quantitative estimate of drug-likeness (QED) is 0.422. The second-order valence-corrected chi connectivity index (χ2v) is 15.3. The van der Waals surface area contributed by atoms with Crippen LogP contribution in [0.3, 0.4) is 0 Å². The number of morpholine rings is 1. The smallest absolute Gasteiger partial charge is 0.179 e. The molecule has 5 rings (SSSR count). The van der Waals surface area contributed by atoms with E-state index in [0.717, 1.165) is 12.1 Å². The van der Waals surface area contributed by atoms with Gasteiger partial charge in [-0.3, -0.25) is 4.90 Å². The van der Waals surface area contributed by atoms with Crippen molar-refractivity contribution in [3.8, 4) is 5.75 Å². The molecule has 8 nitrogen and oxygen atoms in total. The van der Waals surface area contributed by atoms with Crippen LogP contribution >= 0.6 is 11.6 Å². The van der Waals surface area contributed by atoms with Crippen LogP contribution in [0, 0.1) is 17.6 Å². The Bertz CT molecular complexity index is 1430. The highest BCUT2D eigenvalue weighted by atomic mass is 35.5. The van der Waals surface area contributed by atoms with Crippen molar-refractivity contribution in [3.63, 3.8) is 0 Å². The zero-order valence-corrected chi connectivity index (χ0v) is 24.2. The summed E-state index contributed by atoms with van der Waals surface area (Å²) in [5.41, 5.74) is -1.52. The number of nitrogens with zero attached hydrogens (tertiary/aromatic N) is 1. The molecule has 3 aliphatic heterocycles. The summed E-state index contributed by atoms with van der Waals surface area (Å²) in [7, 11) is -7.47. The molecule has 40 heavy (non-hydrogen) atoms. The summed E-state index contributed by atoms with van der Waals surface area (Å²) in [6, 6.07) is 7.59. The number of fused-ring (bicyclic) bond motifs is 3. The highest BCUT2D eigenvalue weighted by molar-refractivity contribution is 7.91. The molecule has 2 saturated heterocycles. The van der Waals surface area contributed by atoms with Crippen LogP contribution in [0.4, 0.5) is 8.78 Å². The Hall–Kier alpha value is -1.83. The maximum absolute atomic E-state index is 15.5. The molecule has 3 aliphatic rings. The van der Waals surface area contributed by atoms with Gasteiger partial charge in [-0.1, -0.05) is 11.6 Å². The van der Waals surface area contributed by atoms with Gasteiger partial charge in [0.2, 0.25) is 0 Å². The van der Waals surface area contributed by atoms with Crippen molar-refractivity contribution in [2.75, 3.05) is 63.3 Å². The van der Waals surface area contributed by atoms with Gasteiger partial charge in [-0.15, -0.1) is 0 Å². The number of hydrogen-bond donors (Lipinski definition) is 0. The molecule has 2 aromatic carbocycles. The van der Waals surface area contributed by atoms with Crippen molar-refractivity contribution in [3.05, 3.63) is 58.6 Å². The summed E-state index contributed by atoms with van der Waals surface area (Å²) >= 11 is 5.95. The van der Waals surface area contributed by atoms with Crippen molar-refractivity contribution in [2.24, 2.45) is 5.92 Å². The summed E-state index contributed by atoms with van der Waals surface area (Å²) < 4.78 is 101. The first-order valence-corrected chi connectivity index (χ1v) is 17.1. The van der Waals surface area contributed by atoms with Gasteiger partial charge in [0.25, 0.3) is 0 Å². The van der Waals surface area contributed by atoms with Gasteiger partial charge in [0.1, 0.15) is 5.82 Å². The SMILES string of the molecule is O=S(=O)(CCC1OCCC2(CS(=O)(=O)c3ccc(Cl)cc3)c3c(F)ccc(F)c3OCC12)CCN1CCOCC1. The van der Waals surface area contributed by atoms with E-state index in [0.29, 0.717) is 37.9 Å². The van der Waals surface area contributed by atoms with Crippen molar-refractivity contribution >= 4 is 31.3 Å². The molecule has 0 saturated carbocycles. The van der Waals surface area contributed by atoms with E-state index >= 15 is 4.39 Å². The summed E-state index contributed by atoms with van der Waals surface area (Å²) in [6.45, 7) is 2.79. The van der Waals surface area contributed by atoms with Crippen molar-refractivity contribution in [1.82, 2.24) is 4.90 Å². The summed E-state index contributed by atoms with van der Waals surface area (Å²) in [6.07, 6.45) is -0.557. The highest BCUT2D eigenvalue weighted by Crippen LogP contribution is 2.52. The van der Waals surface area contributed by atoms with Gasteiger partial charge in [0.15, 0.2) is 31.2 Å². The average molecular weight is 620 g/mol. The third-order valence-corrected chi connectivity index (χ3v) is 12.0. The molecule has 220 valence electrons. The van der Waals surface area contributed by atoms with Crippen molar-refractivity contribution in [2.45, 2.75) is 29.3 Å². The normalized spacial score (nSPS) is 25.6. The molecule has 0 aromatic heterocycles. The lowest BCUT2D eigenvalue weighted by molar-refractivity contribution is -0.0899. The summed E-state index contributed by atoms with van der Waals surface area (Å²) in [5.74, 6) is -3.32. The Kier molecular flexibility index (Phi) is 8.76. The molecule has 0 bridgehead atoms. The first-order valence-electron chi connectivity index (χ1n) is 13.2. The zero-order chi connectivity index (χ0) is 28.5. The van der Waals surface area contributed by atoms with Crippen LogP contribution in [0.2, 0.25) is 5.02 Å². The Morgan fingerprint density at radius 1 is 0.950 bits per heavy atom. The Morgan fingerprint density at radius 2 is 1.65 bits per heavy atom. The lowest BCUT2D eigenvalue weighted by atomic mass is 9.64. The standard InChI is InChI=1S/C27H32ClF2NO7S2/c28-19-1-3-20(4-2-19)40(34,35)18-27-8-12-37-24(7-15-39(32,33)16-11-31-9-13-36-14-10-31)21(27)17-38-26-23(30)6-5-22(29)25(26)27/h1-6,21,24H,7-18H2. The molecule has 2 aromatic rings. The molecule has 0 amide bonds. The molecule has 3 atom stereocenters. The minimum Gasteiger partial charge on any atom is -0.490 e. The first-order chi connectivity index (χ1) is 19.0. The van der Waals surface area contributed by atoms with Crippen LogP contribution in [-0.4, -0.2) is 91.2 Å². The predicted octanol–water partition coefficient (Wildman–Crippen LogP) is 3.26. The van der Waals surface area contributed by atoms with Crippen LogP contribution in [-0.2, 0) is 34.6 Å². The summed E-state index contributed by atoms with van der Waals surface area (Å²) in [4.78, 5) is 2.04. The van der Waals surface area contributed by atoms with E-state index in [1.165, 1.54) is 24.3 Å². The van der Waals surface area contributed by atoms with E-state index in [2.05, 4.69) is 0 Å². The van der Waals surface area contributed by atoms with Crippen LogP contribution < -0.4 is 4.74 Å². The number of benzene rings is 2. The van der Waals surface area contributed by atoms with E-state index < -0.39 is 54.5 Å². The zero-order valence-electron chi connectivity index (χ0n) is 21.9. The van der Waals surface area contributed by atoms with E-state index in [-0.39, 0.29) is 53.8 Å². The molecule has 0 radical (unpaired) electrons. The summed E-state index contributed by atoms with van der Waals surface area (Å²) in [5, 5.41) is 0.362. The highest BCUT2D eigenvalue weighted by Gasteiger charge is 2.55. The third-order valence-electron chi connectivity index (χ3n) is 8.16. The van der Waals surface area contributed by atoms with Crippen LogP contribution in [0.1, 0.15) is 18.4 Å². The third kappa shape index (κ3) is 6.17. The second kappa shape index (κ2) is 11.8. The fourth-order valence-corrected chi connectivity index (χ4v) is 9.39. The fourth-order valence-electron chi connectivity index (χ4n) is 6.03. The lowest BCUT2D eigenvalue weighted by Crippen LogP contribution is -2.57. The minimum atomic E-state index is -4.01. The number of hydrogen-bond acceptors (Lipinski definition) is 8. The Labute approximate surface area is 238 Å². The number of rotatable bonds is 9. The number of halogens is 3. The number of ether oxygens (including phenoxy) is 3. The first kappa shape index (κ1) is 29.7. The molecule has 0 N–H and O–H groups in total. The van der Waals surface area contributed by atoms with Gasteiger partial charge in [-0.25, -0.2) is 25.6 Å².